The normalized spacial score (nSPS) is 14.2. The van der Waals surface area contributed by atoms with E-state index in [0.717, 1.165) is 22.7 Å². The highest BCUT2D eigenvalue weighted by molar-refractivity contribution is 6.04. The predicted molar refractivity (Wildman–Crippen MR) is 91.2 cm³/mol. The smallest absolute Gasteiger partial charge is 0.240 e. The van der Waals surface area contributed by atoms with Gasteiger partial charge < -0.3 is 9.88 Å². The van der Waals surface area contributed by atoms with Crippen LogP contribution in [-0.2, 0) is 20.9 Å². The van der Waals surface area contributed by atoms with Gasteiger partial charge in [0, 0.05) is 43.9 Å². The summed E-state index contributed by atoms with van der Waals surface area (Å²) in [5.41, 5.74) is 1.04. The van der Waals surface area contributed by atoms with Crippen LogP contribution in [0.1, 0.15) is 19.3 Å². The molecule has 3 amide bonds. The zero-order valence-corrected chi connectivity index (χ0v) is 13.9. The van der Waals surface area contributed by atoms with Crippen LogP contribution in [0, 0.1) is 0 Å². The molecule has 2 aromatic rings. The van der Waals surface area contributed by atoms with E-state index in [-0.39, 0.29) is 37.1 Å². The number of hydrogen-bond acceptors (Lipinski definition) is 4. The van der Waals surface area contributed by atoms with Crippen molar-refractivity contribution in [3.05, 3.63) is 42.7 Å². The number of hydrogen-bond donors (Lipinski definition) is 1. The minimum atomic E-state index is -0.308. The number of aryl methyl sites for hydroxylation is 1. The van der Waals surface area contributed by atoms with E-state index in [1.165, 1.54) is 0 Å². The van der Waals surface area contributed by atoms with E-state index in [4.69, 9.17) is 0 Å². The molecule has 0 saturated carbocycles. The number of benzene rings is 1. The van der Waals surface area contributed by atoms with Gasteiger partial charge in [0.1, 0.15) is 12.4 Å². The zero-order chi connectivity index (χ0) is 17.6. The topological polar surface area (TPSA) is 84.3 Å². The standard InChI is InChI=1S/C18H20N4O3/c23-15(13-22-16(24)7-8-17(22)25)19-9-4-11-21-12-10-20-18(21)14-5-2-1-3-6-14/h1-3,5-6,10,12H,4,7-9,11,13H2,(H,19,23). The second kappa shape index (κ2) is 7.74. The van der Waals surface area contributed by atoms with E-state index in [2.05, 4.69) is 10.3 Å². The Morgan fingerprint density at radius 3 is 2.56 bits per heavy atom. The van der Waals surface area contributed by atoms with Gasteiger partial charge in [0.05, 0.1) is 0 Å². The van der Waals surface area contributed by atoms with Crippen LogP contribution in [0.5, 0.6) is 0 Å². The van der Waals surface area contributed by atoms with Gasteiger partial charge in [-0.15, -0.1) is 0 Å². The molecule has 1 aromatic heterocycles. The molecule has 1 aliphatic heterocycles. The molecule has 2 heterocycles. The maximum Gasteiger partial charge on any atom is 0.240 e. The first kappa shape index (κ1) is 16.9. The van der Waals surface area contributed by atoms with Crippen molar-refractivity contribution < 1.29 is 14.4 Å². The van der Waals surface area contributed by atoms with Crippen LogP contribution in [0.25, 0.3) is 11.4 Å². The molecule has 0 atom stereocenters. The largest absolute Gasteiger partial charge is 0.354 e. The van der Waals surface area contributed by atoms with E-state index in [9.17, 15) is 14.4 Å². The molecule has 0 spiro atoms. The van der Waals surface area contributed by atoms with Gasteiger partial charge in [0.15, 0.2) is 0 Å². The number of likely N-dealkylation sites (tertiary alicyclic amines) is 1. The molecule has 1 fully saturated rings. The fraction of sp³-hybridized carbons (Fsp3) is 0.333. The van der Waals surface area contributed by atoms with Gasteiger partial charge in [-0.1, -0.05) is 30.3 Å². The quantitative estimate of drug-likeness (QED) is 0.606. The van der Waals surface area contributed by atoms with Crippen molar-refractivity contribution in [2.24, 2.45) is 0 Å². The maximum atomic E-state index is 11.9. The van der Waals surface area contributed by atoms with Gasteiger partial charge in [-0.3, -0.25) is 19.3 Å². The Morgan fingerprint density at radius 1 is 1.12 bits per heavy atom. The molecule has 0 radical (unpaired) electrons. The lowest BCUT2D eigenvalue weighted by Crippen LogP contribution is -2.40. The van der Waals surface area contributed by atoms with Crippen LogP contribution >= 0.6 is 0 Å². The maximum absolute atomic E-state index is 11.9. The molecule has 7 heteroatoms. The Bertz CT molecular complexity index is 754. The lowest BCUT2D eigenvalue weighted by molar-refractivity contribution is -0.142. The molecule has 1 saturated heterocycles. The molecular formula is C18H20N4O3. The molecule has 1 aromatic carbocycles. The van der Waals surface area contributed by atoms with E-state index in [0.29, 0.717) is 13.1 Å². The molecule has 25 heavy (non-hydrogen) atoms. The molecule has 0 aliphatic carbocycles. The number of imidazole rings is 1. The zero-order valence-electron chi connectivity index (χ0n) is 13.9. The molecule has 0 bridgehead atoms. The van der Waals surface area contributed by atoms with Gasteiger partial charge in [0.25, 0.3) is 0 Å². The summed E-state index contributed by atoms with van der Waals surface area (Å²) in [5, 5.41) is 2.75. The van der Waals surface area contributed by atoms with Crippen LogP contribution in [0.15, 0.2) is 42.7 Å². The highest BCUT2D eigenvalue weighted by Crippen LogP contribution is 2.16. The lowest BCUT2D eigenvalue weighted by atomic mass is 10.2. The van der Waals surface area contributed by atoms with E-state index in [1.807, 2.05) is 41.1 Å². The summed E-state index contributed by atoms with van der Waals surface area (Å²) in [7, 11) is 0. The van der Waals surface area contributed by atoms with E-state index in [1.54, 1.807) is 6.20 Å². The third-order valence-electron chi connectivity index (χ3n) is 4.10. The molecule has 7 nitrogen and oxygen atoms in total. The van der Waals surface area contributed by atoms with Gasteiger partial charge in [-0.2, -0.15) is 0 Å². The molecule has 0 unspecified atom stereocenters. The van der Waals surface area contributed by atoms with Crippen LogP contribution in [0.2, 0.25) is 0 Å². The summed E-state index contributed by atoms with van der Waals surface area (Å²) in [4.78, 5) is 40.3. The van der Waals surface area contributed by atoms with Crippen LogP contribution in [-0.4, -0.2) is 45.3 Å². The molecule has 1 aliphatic rings. The average molecular weight is 340 g/mol. The van der Waals surface area contributed by atoms with Gasteiger partial charge >= 0.3 is 0 Å². The summed E-state index contributed by atoms with van der Waals surface area (Å²) < 4.78 is 2.04. The van der Waals surface area contributed by atoms with Gasteiger partial charge in [0.2, 0.25) is 17.7 Å². The first-order valence-electron chi connectivity index (χ1n) is 8.31. The minimum absolute atomic E-state index is 0.183. The Morgan fingerprint density at radius 2 is 1.84 bits per heavy atom. The number of rotatable bonds is 7. The SMILES string of the molecule is O=C(CN1C(=O)CCC1=O)NCCCn1ccnc1-c1ccccc1. The summed E-state index contributed by atoms with van der Waals surface area (Å²) in [6, 6.07) is 9.91. The fourth-order valence-electron chi connectivity index (χ4n) is 2.81. The number of nitrogens with one attached hydrogen (secondary N) is 1. The van der Waals surface area contributed by atoms with Gasteiger partial charge in [-0.25, -0.2) is 4.98 Å². The average Bonchev–Trinajstić information content (AvgIpc) is 3.21. The monoisotopic (exact) mass is 340 g/mol. The van der Waals surface area contributed by atoms with Crippen molar-refractivity contribution in [3.8, 4) is 11.4 Å². The summed E-state index contributed by atoms with van der Waals surface area (Å²) >= 11 is 0. The second-order valence-corrected chi connectivity index (χ2v) is 5.89. The Balaban J connectivity index is 1.45. The number of carbonyl (C=O) groups is 3. The third-order valence-corrected chi connectivity index (χ3v) is 4.10. The van der Waals surface area contributed by atoms with Gasteiger partial charge in [-0.05, 0) is 6.42 Å². The number of imide groups is 1. The van der Waals surface area contributed by atoms with Crippen LogP contribution in [0.3, 0.4) is 0 Å². The fourth-order valence-corrected chi connectivity index (χ4v) is 2.81. The number of amides is 3. The Hall–Kier alpha value is -2.96. The first-order valence-corrected chi connectivity index (χ1v) is 8.31. The van der Waals surface area contributed by atoms with Crippen molar-refractivity contribution in [2.45, 2.75) is 25.8 Å². The predicted octanol–water partition coefficient (Wildman–Crippen LogP) is 1.21. The highest BCUT2D eigenvalue weighted by Gasteiger charge is 2.30. The second-order valence-electron chi connectivity index (χ2n) is 5.89. The van der Waals surface area contributed by atoms with E-state index >= 15 is 0 Å². The lowest BCUT2D eigenvalue weighted by Gasteiger charge is -2.13. The van der Waals surface area contributed by atoms with Crippen molar-refractivity contribution in [3.63, 3.8) is 0 Å². The Kier molecular flexibility index (Phi) is 5.23. The highest BCUT2D eigenvalue weighted by atomic mass is 16.2. The molecule has 1 N–H and O–H groups in total. The molecular weight excluding hydrogens is 320 g/mol. The summed E-state index contributed by atoms with van der Waals surface area (Å²) in [6.45, 7) is 1.01. The van der Waals surface area contributed by atoms with Crippen molar-refractivity contribution >= 4 is 17.7 Å². The minimum Gasteiger partial charge on any atom is -0.354 e. The van der Waals surface area contributed by atoms with Crippen molar-refractivity contribution in [1.82, 2.24) is 19.8 Å². The number of carbonyl (C=O) groups excluding carboxylic acids is 3. The van der Waals surface area contributed by atoms with Crippen molar-refractivity contribution in [1.29, 1.82) is 0 Å². The van der Waals surface area contributed by atoms with Crippen LogP contribution < -0.4 is 5.32 Å². The molecule has 130 valence electrons. The van der Waals surface area contributed by atoms with E-state index < -0.39 is 0 Å². The molecule has 3 rings (SSSR count). The first-order chi connectivity index (χ1) is 12.1. The summed E-state index contributed by atoms with van der Waals surface area (Å²) in [6.07, 6.45) is 4.80. The number of aromatic nitrogens is 2. The van der Waals surface area contributed by atoms with Crippen molar-refractivity contribution in [2.75, 3.05) is 13.1 Å². The Labute approximate surface area is 145 Å². The van der Waals surface area contributed by atoms with Crippen LogP contribution in [0.4, 0.5) is 0 Å². The number of nitrogens with zero attached hydrogens (tertiary/aromatic N) is 3. The summed E-state index contributed by atoms with van der Waals surface area (Å²) in [5.74, 6) is 0.0369. The third kappa shape index (κ3) is 4.12.